The molecule has 1 aromatic carbocycles. The quantitative estimate of drug-likeness (QED) is 0.904. The van der Waals surface area contributed by atoms with Crippen LogP contribution in [-0.4, -0.2) is 29.9 Å². The second-order valence-corrected chi connectivity index (χ2v) is 6.23. The summed E-state index contributed by atoms with van der Waals surface area (Å²) in [4.78, 5) is 14.0. The molecule has 3 rings (SSSR count). The van der Waals surface area contributed by atoms with Gasteiger partial charge in [0.1, 0.15) is 5.82 Å². The molecule has 2 atom stereocenters. The fourth-order valence-corrected chi connectivity index (χ4v) is 3.69. The van der Waals surface area contributed by atoms with E-state index in [1.807, 2.05) is 6.07 Å². The predicted octanol–water partition coefficient (Wildman–Crippen LogP) is 2.30. The normalized spacial score (nSPS) is 27.2. The largest absolute Gasteiger partial charge is 0.354 e. The summed E-state index contributed by atoms with van der Waals surface area (Å²) in [5.41, 5.74) is 0.951. The summed E-state index contributed by atoms with van der Waals surface area (Å²) in [6.07, 6.45) is 2.00. The average Bonchev–Trinajstić information content (AvgIpc) is 2.71. The van der Waals surface area contributed by atoms with Crippen LogP contribution < -0.4 is 5.32 Å². The summed E-state index contributed by atoms with van der Waals surface area (Å²) in [6, 6.07) is 5.24. The maximum atomic E-state index is 13.4. The highest BCUT2D eigenvalue weighted by Crippen LogP contribution is 2.29. The Bertz CT molecular complexity index is 488. The molecule has 0 aromatic heterocycles. The number of fused-ring (bicyclic) bond motifs is 1. The van der Waals surface area contributed by atoms with Crippen molar-refractivity contribution in [1.82, 2.24) is 10.2 Å². The molecular formula is C14H16BrFN2O. The van der Waals surface area contributed by atoms with Crippen LogP contribution in [0.4, 0.5) is 4.39 Å². The van der Waals surface area contributed by atoms with Crippen molar-refractivity contribution in [2.24, 2.45) is 5.92 Å². The smallest absolute Gasteiger partial charge is 0.224 e. The van der Waals surface area contributed by atoms with E-state index in [0.29, 0.717) is 6.54 Å². The first-order valence-electron chi connectivity index (χ1n) is 6.60. The van der Waals surface area contributed by atoms with Crippen LogP contribution in [0.15, 0.2) is 22.7 Å². The van der Waals surface area contributed by atoms with Gasteiger partial charge in [0.2, 0.25) is 5.91 Å². The summed E-state index contributed by atoms with van der Waals surface area (Å²) in [7, 11) is 0. The molecular weight excluding hydrogens is 311 g/mol. The number of nitrogens with one attached hydrogen (secondary N) is 1. The number of carbonyl (C=O) groups excluding carboxylic acids is 1. The molecule has 2 fully saturated rings. The first kappa shape index (κ1) is 13.1. The van der Waals surface area contributed by atoms with Gasteiger partial charge in [-0.1, -0.05) is 15.9 Å². The standard InChI is InChI=1S/C14H16BrFN2O/c15-10-4-9(5-11(16)6-10)8-18-3-1-2-12-13(18)7-17-14(12)19/h4-6,12-13H,1-3,7-8H2,(H,17,19). The number of nitrogens with zero attached hydrogens (tertiary/aromatic N) is 1. The molecule has 0 aliphatic carbocycles. The molecule has 19 heavy (non-hydrogen) atoms. The van der Waals surface area contributed by atoms with Gasteiger partial charge in [-0.2, -0.15) is 0 Å². The summed E-state index contributed by atoms with van der Waals surface area (Å²) in [6.45, 7) is 2.40. The number of likely N-dealkylation sites (tertiary alicyclic amines) is 1. The molecule has 5 heteroatoms. The Balaban J connectivity index is 1.77. The van der Waals surface area contributed by atoms with E-state index in [4.69, 9.17) is 0 Å². The van der Waals surface area contributed by atoms with Gasteiger partial charge in [-0.25, -0.2) is 4.39 Å². The summed E-state index contributed by atoms with van der Waals surface area (Å²) >= 11 is 3.32. The number of benzene rings is 1. The first-order valence-corrected chi connectivity index (χ1v) is 7.39. The Labute approximate surface area is 120 Å². The van der Waals surface area contributed by atoms with Gasteiger partial charge in [0, 0.05) is 23.6 Å². The topological polar surface area (TPSA) is 32.3 Å². The zero-order valence-electron chi connectivity index (χ0n) is 10.5. The minimum atomic E-state index is -0.224. The zero-order valence-corrected chi connectivity index (χ0v) is 12.1. The molecule has 1 aromatic rings. The molecule has 0 bridgehead atoms. The van der Waals surface area contributed by atoms with Gasteiger partial charge in [-0.3, -0.25) is 9.69 Å². The van der Waals surface area contributed by atoms with Crippen molar-refractivity contribution < 1.29 is 9.18 Å². The van der Waals surface area contributed by atoms with Gasteiger partial charge in [-0.05, 0) is 43.1 Å². The SMILES string of the molecule is O=C1NCC2C1CCCN2Cc1cc(F)cc(Br)c1. The van der Waals surface area contributed by atoms with E-state index in [9.17, 15) is 9.18 Å². The van der Waals surface area contributed by atoms with Gasteiger partial charge < -0.3 is 5.32 Å². The Morgan fingerprint density at radius 3 is 3.05 bits per heavy atom. The van der Waals surface area contributed by atoms with E-state index >= 15 is 0 Å². The number of hydrogen-bond acceptors (Lipinski definition) is 2. The van der Waals surface area contributed by atoms with Gasteiger partial charge in [0.05, 0.1) is 5.92 Å². The Hall–Kier alpha value is -0.940. The Morgan fingerprint density at radius 1 is 1.42 bits per heavy atom. The lowest BCUT2D eigenvalue weighted by atomic mass is 9.91. The molecule has 3 nitrogen and oxygen atoms in total. The third-order valence-corrected chi connectivity index (χ3v) is 4.48. The van der Waals surface area contributed by atoms with Crippen LogP contribution in [0.5, 0.6) is 0 Å². The maximum Gasteiger partial charge on any atom is 0.224 e. The monoisotopic (exact) mass is 326 g/mol. The van der Waals surface area contributed by atoms with E-state index in [0.717, 1.165) is 36.0 Å². The maximum absolute atomic E-state index is 13.4. The van der Waals surface area contributed by atoms with Crippen molar-refractivity contribution in [1.29, 1.82) is 0 Å². The van der Waals surface area contributed by atoms with Crippen LogP contribution in [0.3, 0.4) is 0 Å². The Morgan fingerprint density at radius 2 is 2.26 bits per heavy atom. The van der Waals surface area contributed by atoms with E-state index < -0.39 is 0 Å². The third kappa shape index (κ3) is 2.67. The highest BCUT2D eigenvalue weighted by Gasteiger charge is 2.40. The lowest BCUT2D eigenvalue weighted by Crippen LogP contribution is -2.44. The van der Waals surface area contributed by atoms with Crippen molar-refractivity contribution in [3.8, 4) is 0 Å². The number of hydrogen-bond donors (Lipinski definition) is 1. The first-order chi connectivity index (χ1) is 9.13. The van der Waals surface area contributed by atoms with Gasteiger partial charge >= 0.3 is 0 Å². The minimum Gasteiger partial charge on any atom is -0.354 e. The minimum absolute atomic E-state index is 0.116. The van der Waals surface area contributed by atoms with Crippen LogP contribution in [0.25, 0.3) is 0 Å². The predicted molar refractivity (Wildman–Crippen MR) is 74.0 cm³/mol. The molecule has 0 spiro atoms. The molecule has 1 amide bonds. The molecule has 2 aliphatic rings. The van der Waals surface area contributed by atoms with E-state index in [1.165, 1.54) is 6.07 Å². The van der Waals surface area contributed by atoms with Gasteiger partial charge in [0.25, 0.3) is 0 Å². The van der Waals surface area contributed by atoms with Crippen molar-refractivity contribution >= 4 is 21.8 Å². The molecule has 2 aliphatic heterocycles. The van der Waals surface area contributed by atoms with E-state index in [1.54, 1.807) is 6.07 Å². The van der Waals surface area contributed by atoms with Crippen LogP contribution in [0, 0.1) is 11.7 Å². The van der Waals surface area contributed by atoms with Gasteiger partial charge in [-0.15, -0.1) is 0 Å². The second-order valence-electron chi connectivity index (χ2n) is 5.31. The molecule has 102 valence electrons. The van der Waals surface area contributed by atoms with Crippen molar-refractivity contribution in [2.45, 2.75) is 25.4 Å². The molecule has 2 heterocycles. The fraction of sp³-hybridized carbons (Fsp3) is 0.500. The van der Waals surface area contributed by atoms with Crippen molar-refractivity contribution in [3.63, 3.8) is 0 Å². The molecule has 0 saturated carbocycles. The van der Waals surface area contributed by atoms with E-state index in [-0.39, 0.29) is 23.7 Å². The van der Waals surface area contributed by atoms with Crippen molar-refractivity contribution in [3.05, 3.63) is 34.1 Å². The molecule has 2 saturated heterocycles. The fourth-order valence-electron chi connectivity index (χ4n) is 3.17. The lowest BCUT2D eigenvalue weighted by molar-refractivity contribution is -0.124. The van der Waals surface area contributed by atoms with Crippen LogP contribution in [-0.2, 0) is 11.3 Å². The zero-order chi connectivity index (χ0) is 13.4. The summed E-state index contributed by atoms with van der Waals surface area (Å²) < 4.78 is 14.2. The highest BCUT2D eigenvalue weighted by atomic mass is 79.9. The summed E-state index contributed by atoms with van der Waals surface area (Å²) in [5.74, 6) is 0.0689. The van der Waals surface area contributed by atoms with Crippen molar-refractivity contribution in [2.75, 3.05) is 13.1 Å². The van der Waals surface area contributed by atoms with Crippen LogP contribution >= 0.6 is 15.9 Å². The number of carbonyl (C=O) groups is 1. The van der Waals surface area contributed by atoms with Crippen LogP contribution in [0.1, 0.15) is 18.4 Å². The second kappa shape index (κ2) is 5.21. The highest BCUT2D eigenvalue weighted by molar-refractivity contribution is 9.10. The number of halogens is 2. The third-order valence-electron chi connectivity index (χ3n) is 4.02. The summed E-state index contributed by atoms with van der Waals surface area (Å²) in [5, 5.41) is 2.94. The molecule has 1 N–H and O–H groups in total. The van der Waals surface area contributed by atoms with Gasteiger partial charge in [0.15, 0.2) is 0 Å². The lowest BCUT2D eigenvalue weighted by Gasteiger charge is -2.35. The van der Waals surface area contributed by atoms with Crippen LogP contribution in [0.2, 0.25) is 0 Å². The average molecular weight is 327 g/mol. The van der Waals surface area contributed by atoms with E-state index in [2.05, 4.69) is 26.1 Å². The molecule has 0 radical (unpaired) electrons. The number of piperidine rings is 1. The molecule has 2 unspecified atom stereocenters. The number of amides is 1. The Kier molecular flexibility index (Phi) is 3.58. The number of rotatable bonds is 2.